The highest BCUT2D eigenvalue weighted by molar-refractivity contribution is 9.11. The van der Waals surface area contributed by atoms with Gasteiger partial charge in [0.1, 0.15) is 37.4 Å². The summed E-state index contributed by atoms with van der Waals surface area (Å²) in [6.07, 6.45) is 16.9. The van der Waals surface area contributed by atoms with E-state index in [4.69, 9.17) is 41.1 Å². The van der Waals surface area contributed by atoms with Crippen molar-refractivity contribution in [1.29, 1.82) is 0 Å². The van der Waals surface area contributed by atoms with Crippen LogP contribution in [0.25, 0.3) is 22.3 Å². The molecule has 33 heteroatoms. The SMILES string of the molecule is C.CCOc1ncc(-c2ccc(Nc3nc(Cl)ncc3Br)c(P(C)(C)=O)c2)cn1.CCc1cc(N)c(OC)cc1N1CCC(N2CCN(C)CC2)CC1.CCc1cc(Nc2ncc(Br)c(Nc3ccc(-c4cnc(N(C)C)nc4)cc3P(C)(C)=O)n2)c(OC)cc1N1CCC(N2CCN(C)CC2)CC1.Cc1ccc(S(=O)(=O)O)cc1. The van der Waals surface area contributed by atoms with Crippen molar-refractivity contribution in [2.45, 2.75) is 90.6 Å². The molecule has 4 saturated heterocycles. The number of nitrogens with one attached hydrogen (secondary N) is 3. The summed E-state index contributed by atoms with van der Waals surface area (Å²) >= 11 is 12.9. The summed E-state index contributed by atoms with van der Waals surface area (Å²) in [5.41, 5.74) is 18.5. The number of aryl methyl sites for hydroxylation is 3. The Balaban J connectivity index is 0.000000198. The van der Waals surface area contributed by atoms with Crippen LogP contribution in [0.5, 0.6) is 17.5 Å². The minimum Gasteiger partial charge on any atom is -0.495 e. The van der Waals surface area contributed by atoms with E-state index < -0.39 is 24.4 Å². The molecule has 0 unspecified atom stereocenters. The second-order valence-electron chi connectivity index (χ2n) is 29.6. The highest BCUT2D eigenvalue weighted by Gasteiger charge is 2.31. The topological polar surface area (TPSA) is 304 Å². The first-order chi connectivity index (χ1) is 54.3. The standard InChI is InChI=1S/C37H50BrN10O2P.C19H32N4O.C18H18BrClN5O2P.C7H8O3S.CH4/c1-8-25-19-31(33(50-5)21-32(25)48-13-11-28(12-14-48)47-17-15-46(4)16-18-47)43-36-39-24-29(38)35(44-36)42-30-10-9-26(20-34(30)51(6,7)49)27-22-40-37(41-23-27)45(2)3;1-4-15-13-17(20)19(24-3)14-18(15)23-7-5-16(6-8-23)22-11-9-21(2)10-12-22;1-4-27-18-22-8-12(9-23-18)11-5-6-14(15(7-11)28(2,3)26)24-16-13(19)10-21-17(20)25-16;1-6-2-4-7(5-3-6)11(8,9)10;/h9-10,19-24,28H,8,11-18H2,1-7H3,(H2,39,42,43,44);13-14,16H,4-12,20H2,1-3H3;5-10H,4H2,1-3H3,(H,21,24,25);2-5H,1H3,(H,8,9,10);1H4. The van der Waals surface area contributed by atoms with Crippen LogP contribution in [-0.4, -0.2) is 239 Å². The van der Waals surface area contributed by atoms with E-state index in [0.29, 0.717) is 73.1 Å². The van der Waals surface area contributed by atoms with E-state index in [-0.39, 0.29) is 17.6 Å². The maximum atomic E-state index is 13.6. The van der Waals surface area contributed by atoms with Gasteiger partial charge in [-0.1, -0.05) is 51.1 Å². The van der Waals surface area contributed by atoms with Crippen LogP contribution >= 0.6 is 57.7 Å². The molecule has 6 N–H and O–H groups in total. The molecule has 9 aromatic rings. The van der Waals surface area contributed by atoms with E-state index in [0.717, 1.165) is 109 Å². The largest absolute Gasteiger partial charge is 0.495 e. The third kappa shape index (κ3) is 24.7. The van der Waals surface area contributed by atoms with Crippen LogP contribution in [0.3, 0.4) is 0 Å². The molecule has 4 aromatic heterocycles. The second kappa shape index (κ2) is 41.3. The lowest BCUT2D eigenvalue weighted by atomic mass is 9.99. The van der Waals surface area contributed by atoms with Crippen LogP contribution in [0.15, 0.2) is 136 Å². The number of nitrogen functional groups attached to an aromatic ring is 1. The molecule has 4 aliphatic heterocycles. The summed E-state index contributed by atoms with van der Waals surface area (Å²) in [6.45, 7) is 29.4. The molecule has 0 atom stereocenters. The van der Waals surface area contributed by atoms with E-state index in [1.54, 1.807) is 90.2 Å². The third-order valence-corrected chi connectivity index (χ3v) is 25.9. The summed E-state index contributed by atoms with van der Waals surface area (Å²) in [4.78, 5) is 51.8. The molecule has 4 aliphatic rings. The van der Waals surface area contributed by atoms with Gasteiger partial charge in [0.2, 0.25) is 17.2 Å². The van der Waals surface area contributed by atoms with Crippen molar-refractivity contribution < 1.29 is 36.3 Å². The number of nitrogens with zero attached hydrogens (tertiary/aromatic N) is 15. The molecule has 115 heavy (non-hydrogen) atoms. The molecule has 620 valence electrons. The summed E-state index contributed by atoms with van der Waals surface area (Å²) in [5.74, 6) is 3.61. The number of hydrogen-bond donors (Lipinski definition) is 5. The van der Waals surface area contributed by atoms with Gasteiger partial charge in [-0.25, -0.2) is 29.9 Å². The zero-order chi connectivity index (χ0) is 82.2. The molecule has 0 aliphatic carbocycles. The fourth-order valence-corrected chi connectivity index (χ4v) is 17.6. The number of hydrogen-bond acceptors (Lipinski definition) is 26. The number of methoxy groups -OCH3 is 2. The molecular formula is C82H112Br2ClN19O8P2S. The first-order valence-corrected chi connectivity index (χ1v) is 46.9. The molecular weight excluding hydrogens is 1670 g/mol. The molecule has 0 bridgehead atoms. The van der Waals surface area contributed by atoms with Crippen molar-refractivity contribution in [1.82, 2.24) is 59.5 Å². The summed E-state index contributed by atoms with van der Waals surface area (Å²) < 4.78 is 74.0. The van der Waals surface area contributed by atoms with Gasteiger partial charge in [-0.3, -0.25) is 14.4 Å². The van der Waals surface area contributed by atoms with E-state index in [1.165, 1.54) is 99.6 Å². The maximum absolute atomic E-state index is 13.6. The van der Waals surface area contributed by atoms with Crippen LogP contribution in [-0.2, 0) is 32.1 Å². The smallest absolute Gasteiger partial charge is 0.316 e. The van der Waals surface area contributed by atoms with Crippen molar-refractivity contribution in [3.8, 4) is 39.8 Å². The number of likely N-dealkylation sites (N-methyl/N-ethyl adjacent to an activating group) is 2. The van der Waals surface area contributed by atoms with Crippen LogP contribution in [0.2, 0.25) is 5.28 Å². The number of ether oxygens (including phenoxy) is 3. The molecule has 4 fully saturated rings. The van der Waals surface area contributed by atoms with Crippen LogP contribution in [0, 0.1) is 6.92 Å². The number of halogens is 3. The first-order valence-electron chi connectivity index (χ1n) is 38.3. The van der Waals surface area contributed by atoms with E-state index in [2.05, 4.69) is 164 Å². The fraction of sp³-hybridized carbons (Fsp3) is 0.439. The zero-order valence-corrected chi connectivity index (χ0v) is 74.2. The first kappa shape index (κ1) is 90.8. The number of benzene rings is 5. The van der Waals surface area contributed by atoms with Crippen molar-refractivity contribution in [3.63, 3.8) is 0 Å². The molecule has 0 amide bonds. The predicted octanol–water partition coefficient (Wildman–Crippen LogP) is 15.0. The second-order valence-corrected chi connectivity index (χ2v) is 39.5. The lowest BCUT2D eigenvalue weighted by Gasteiger charge is -2.43. The number of aromatic nitrogens is 8. The maximum Gasteiger partial charge on any atom is 0.316 e. The van der Waals surface area contributed by atoms with Crippen molar-refractivity contribution in [3.05, 3.63) is 153 Å². The normalized spacial score (nSPS) is 15.5. The molecule has 0 saturated carbocycles. The van der Waals surface area contributed by atoms with E-state index in [9.17, 15) is 17.5 Å². The lowest BCUT2D eigenvalue weighted by molar-refractivity contribution is 0.0982. The Kier molecular flexibility index (Phi) is 32.6. The Labute approximate surface area is 701 Å². The van der Waals surface area contributed by atoms with Crippen molar-refractivity contribution in [2.75, 3.05) is 191 Å². The molecule has 8 heterocycles. The Morgan fingerprint density at radius 3 is 1.44 bits per heavy atom. The number of piperidine rings is 2. The third-order valence-electron chi connectivity index (χ3n) is 20.6. The molecule has 0 spiro atoms. The molecule has 13 rings (SSSR count). The summed E-state index contributed by atoms with van der Waals surface area (Å²) in [6, 6.07) is 27.7. The Morgan fingerprint density at radius 1 is 0.565 bits per heavy atom. The van der Waals surface area contributed by atoms with Crippen LogP contribution in [0.1, 0.15) is 70.6 Å². The minimum absolute atomic E-state index is 0. The fourth-order valence-electron chi connectivity index (χ4n) is 14.1. The van der Waals surface area contributed by atoms with Crippen molar-refractivity contribution >= 4 is 136 Å². The zero-order valence-electron chi connectivity index (χ0n) is 67.7. The number of rotatable bonds is 22. The number of anilines is 10. The van der Waals surface area contributed by atoms with E-state index >= 15 is 0 Å². The van der Waals surface area contributed by atoms with Gasteiger partial charge < -0.3 is 69.5 Å². The number of piperazine rings is 2. The van der Waals surface area contributed by atoms with Gasteiger partial charge in [0.25, 0.3) is 10.1 Å². The van der Waals surface area contributed by atoms with Crippen molar-refractivity contribution in [2.24, 2.45) is 0 Å². The quantitative estimate of drug-likeness (QED) is 0.0182. The number of nitrogens with two attached hydrogens (primary N) is 1. The molecule has 27 nitrogen and oxygen atoms in total. The van der Waals surface area contributed by atoms with Gasteiger partial charge in [-0.15, -0.1) is 0 Å². The van der Waals surface area contributed by atoms with E-state index in [1.807, 2.05) is 69.2 Å². The monoisotopic (exact) mass is 1780 g/mol. The van der Waals surface area contributed by atoms with Gasteiger partial charge in [0.05, 0.1) is 57.4 Å². The Hall–Kier alpha value is -8.12. The van der Waals surface area contributed by atoms with Gasteiger partial charge in [-0.05, 0) is 207 Å². The lowest BCUT2D eigenvalue weighted by Crippen LogP contribution is -2.52. The molecule has 5 aromatic carbocycles. The summed E-state index contributed by atoms with van der Waals surface area (Å²) in [7, 11) is 2.30. The highest BCUT2D eigenvalue weighted by Crippen LogP contribution is 2.44. The predicted molar refractivity (Wildman–Crippen MR) is 478 cm³/mol. The van der Waals surface area contributed by atoms with Crippen LogP contribution in [0.4, 0.5) is 57.7 Å². The van der Waals surface area contributed by atoms with Gasteiger partial charge in [0.15, 0.2) is 0 Å². The average Bonchev–Trinajstić information content (AvgIpc) is 0.804. The highest BCUT2D eigenvalue weighted by atomic mass is 79.9. The summed E-state index contributed by atoms with van der Waals surface area (Å²) in [5, 5.41) is 11.5. The molecule has 0 radical (unpaired) electrons. The van der Waals surface area contributed by atoms with Gasteiger partial charge in [-0.2, -0.15) is 18.4 Å². The van der Waals surface area contributed by atoms with Gasteiger partial charge in [0, 0.05) is 187 Å². The Morgan fingerprint density at radius 2 is 1.01 bits per heavy atom. The average molecular weight is 1780 g/mol. The van der Waals surface area contributed by atoms with Crippen LogP contribution < -0.4 is 61.2 Å². The van der Waals surface area contributed by atoms with Gasteiger partial charge >= 0.3 is 6.01 Å². The minimum atomic E-state index is -4.02. The Bertz CT molecular complexity index is 4930.